The molecule has 0 bridgehead atoms. The van der Waals surface area contributed by atoms with Gasteiger partial charge in [0.1, 0.15) is 5.82 Å². The molecule has 0 unspecified atom stereocenters. The number of hydrogen-bond acceptors (Lipinski definition) is 3. The highest BCUT2D eigenvalue weighted by Gasteiger charge is 2.31. The average molecular weight is 425 g/mol. The molecule has 0 aliphatic carbocycles. The second-order valence-electron chi connectivity index (χ2n) is 5.80. The van der Waals surface area contributed by atoms with Crippen LogP contribution in [0.1, 0.15) is 32.1 Å². The summed E-state index contributed by atoms with van der Waals surface area (Å²) in [4.78, 5) is 31.6. The van der Waals surface area contributed by atoms with Crippen molar-refractivity contribution in [1.29, 1.82) is 0 Å². The molecule has 0 spiro atoms. The number of rotatable bonds is 5. The second-order valence-corrected chi connectivity index (χ2v) is 5.80. The zero-order valence-corrected chi connectivity index (χ0v) is 15.6. The number of aromatic nitrogens is 2. The van der Waals surface area contributed by atoms with Crippen LogP contribution in [-0.4, -0.2) is 21.8 Å². The molecule has 1 aromatic heterocycles. The molecule has 0 fully saturated rings. The van der Waals surface area contributed by atoms with Crippen molar-refractivity contribution in [3.63, 3.8) is 0 Å². The van der Waals surface area contributed by atoms with E-state index in [1.165, 1.54) is 18.2 Å². The Kier molecular flexibility index (Phi) is 7.00. The molecule has 0 aliphatic rings. The maximum atomic E-state index is 12.8. The minimum absolute atomic E-state index is 0. The van der Waals surface area contributed by atoms with E-state index in [4.69, 9.17) is 0 Å². The maximum absolute atomic E-state index is 12.8. The molecule has 29 heavy (non-hydrogen) atoms. The summed E-state index contributed by atoms with van der Waals surface area (Å²) in [5, 5.41) is 5.14. The van der Waals surface area contributed by atoms with Crippen molar-refractivity contribution in [3.8, 4) is 0 Å². The monoisotopic (exact) mass is 424 g/mol. The summed E-state index contributed by atoms with van der Waals surface area (Å²) >= 11 is 0. The van der Waals surface area contributed by atoms with E-state index < -0.39 is 23.6 Å². The Hall–Kier alpha value is -3.33. The van der Waals surface area contributed by atoms with Gasteiger partial charge in [0.05, 0.1) is 23.4 Å². The normalized spacial score (nSPS) is 10.7. The molecule has 2 amide bonds. The van der Waals surface area contributed by atoms with Crippen molar-refractivity contribution in [1.82, 2.24) is 15.3 Å². The van der Waals surface area contributed by atoms with Gasteiger partial charge in [0.2, 0.25) is 0 Å². The Balaban J connectivity index is 0.00000300. The van der Waals surface area contributed by atoms with Crippen LogP contribution in [0.3, 0.4) is 0 Å². The summed E-state index contributed by atoms with van der Waals surface area (Å²) in [6.07, 6.45) is -1.39. The highest BCUT2D eigenvalue weighted by molar-refractivity contribution is 6.09. The Labute approximate surface area is 170 Å². The van der Waals surface area contributed by atoms with Gasteiger partial charge in [-0.2, -0.15) is 13.2 Å². The number of anilines is 1. The van der Waals surface area contributed by atoms with Crippen LogP contribution in [0.2, 0.25) is 0 Å². The number of imidazole rings is 1. The van der Waals surface area contributed by atoms with Crippen LogP contribution in [0.15, 0.2) is 60.9 Å². The number of amides is 2. The van der Waals surface area contributed by atoms with Crippen molar-refractivity contribution >= 4 is 29.9 Å². The predicted octanol–water partition coefficient (Wildman–Crippen LogP) is 4.03. The van der Waals surface area contributed by atoms with Crippen LogP contribution >= 0.6 is 12.4 Å². The Bertz CT molecular complexity index is 991. The van der Waals surface area contributed by atoms with Gasteiger partial charge in [-0.3, -0.25) is 9.59 Å². The molecule has 0 atom stereocenters. The summed E-state index contributed by atoms with van der Waals surface area (Å²) < 4.78 is 38.5. The van der Waals surface area contributed by atoms with E-state index in [9.17, 15) is 22.8 Å². The molecular weight excluding hydrogens is 409 g/mol. The molecule has 0 saturated carbocycles. The second kappa shape index (κ2) is 9.24. The third kappa shape index (κ3) is 5.58. The molecule has 2 aromatic carbocycles. The van der Waals surface area contributed by atoms with E-state index in [2.05, 4.69) is 20.6 Å². The molecule has 3 aromatic rings. The largest absolute Gasteiger partial charge is 0.416 e. The van der Waals surface area contributed by atoms with Crippen LogP contribution < -0.4 is 10.6 Å². The zero-order valence-electron chi connectivity index (χ0n) is 14.8. The number of alkyl halides is 3. The van der Waals surface area contributed by atoms with Crippen molar-refractivity contribution in [3.05, 3.63) is 83.4 Å². The first-order valence-corrected chi connectivity index (χ1v) is 8.18. The lowest BCUT2D eigenvalue weighted by Crippen LogP contribution is -2.25. The standard InChI is InChI=1S/C19H15F3N4O2.ClH/c20-19(21,22)13-5-3-4-12(10-13)17(27)26-15-7-2-1-6-14(15)18(28)25-11-16-23-8-9-24-16;/h1-10H,11H2,(H,23,24)(H,25,28)(H,26,27);1H. The van der Waals surface area contributed by atoms with E-state index >= 15 is 0 Å². The molecule has 3 N–H and O–H groups in total. The molecule has 0 aliphatic heterocycles. The molecule has 1 heterocycles. The van der Waals surface area contributed by atoms with Crippen LogP contribution in [0.25, 0.3) is 0 Å². The summed E-state index contributed by atoms with van der Waals surface area (Å²) in [5.41, 5.74) is -0.735. The fraction of sp³-hybridized carbons (Fsp3) is 0.105. The van der Waals surface area contributed by atoms with Crippen LogP contribution in [0.5, 0.6) is 0 Å². The molecule has 6 nitrogen and oxygen atoms in total. The number of para-hydroxylation sites is 1. The fourth-order valence-corrected chi connectivity index (χ4v) is 2.48. The minimum atomic E-state index is -4.56. The Morgan fingerprint density at radius 1 is 1.03 bits per heavy atom. The van der Waals surface area contributed by atoms with E-state index in [0.29, 0.717) is 5.82 Å². The van der Waals surface area contributed by atoms with Gasteiger partial charge in [-0.25, -0.2) is 4.98 Å². The minimum Gasteiger partial charge on any atom is -0.347 e. The number of hydrogen-bond donors (Lipinski definition) is 3. The number of carbonyl (C=O) groups is 2. The first-order chi connectivity index (χ1) is 13.3. The van der Waals surface area contributed by atoms with Gasteiger partial charge in [-0.1, -0.05) is 18.2 Å². The third-order valence-electron chi connectivity index (χ3n) is 3.84. The summed E-state index contributed by atoms with van der Waals surface area (Å²) in [6, 6.07) is 10.3. The van der Waals surface area contributed by atoms with Gasteiger partial charge >= 0.3 is 6.18 Å². The van der Waals surface area contributed by atoms with Crippen molar-refractivity contribution in [2.75, 3.05) is 5.32 Å². The van der Waals surface area contributed by atoms with Gasteiger partial charge in [0.25, 0.3) is 11.8 Å². The number of nitrogens with one attached hydrogen (secondary N) is 3. The van der Waals surface area contributed by atoms with Gasteiger partial charge < -0.3 is 15.6 Å². The lowest BCUT2D eigenvalue weighted by atomic mass is 10.1. The first kappa shape index (κ1) is 22.0. The summed E-state index contributed by atoms with van der Waals surface area (Å²) in [5.74, 6) is -0.660. The molecule has 10 heteroatoms. The van der Waals surface area contributed by atoms with E-state index in [-0.39, 0.29) is 35.8 Å². The molecule has 152 valence electrons. The lowest BCUT2D eigenvalue weighted by molar-refractivity contribution is -0.137. The zero-order chi connectivity index (χ0) is 20.1. The highest BCUT2D eigenvalue weighted by Crippen LogP contribution is 2.29. The topological polar surface area (TPSA) is 86.9 Å². The van der Waals surface area contributed by atoms with Gasteiger partial charge in [0.15, 0.2) is 0 Å². The van der Waals surface area contributed by atoms with E-state index in [1.54, 1.807) is 24.5 Å². The van der Waals surface area contributed by atoms with Gasteiger partial charge in [0, 0.05) is 18.0 Å². The number of H-pyrrole nitrogens is 1. The number of nitrogens with zero attached hydrogens (tertiary/aromatic N) is 1. The van der Waals surface area contributed by atoms with Gasteiger partial charge in [-0.15, -0.1) is 12.4 Å². The highest BCUT2D eigenvalue weighted by atomic mass is 35.5. The van der Waals surface area contributed by atoms with E-state index in [0.717, 1.165) is 18.2 Å². The quantitative estimate of drug-likeness (QED) is 0.578. The number of benzene rings is 2. The summed E-state index contributed by atoms with van der Waals surface area (Å²) in [7, 11) is 0. The van der Waals surface area contributed by atoms with Crippen molar-refractivity contribution in [2.24, 2.45) is 0 Å². The van der Waals surface area contributed by atoms with Crippen molar-refractivity contribution in [2.45, 2.75) is 12.7 Å². The van der Waals surface area contributed by atoms with Gasteiger partial charge in [-0.05, 0) is 30.3 Å². The summed E-state index contributed by atoms with van der Waals surface area (Å²) in [6.45, 7) is 0.155. The Morgan fingerprint density at radius 3 is 2.48 bits per heavy atom. The maximum Gasteiger partial charge on any atom is 0.416 e. The molecule has 0 saturated heterocycles. The number of halogens is 4. The lowest BCUT2D eigenvalue weighted by Gasteiger charge is -2.12. The predicted molar refractivity (Wildman–Crippen MR) is 103 cm³/mol. The van der Waals surface area contributed by atoms with Crippen molar-refractivity contribution < 1.29 is 22.8 Å². The third-order valence-corrected chi connectivity index (χ3v) is 3.84. The first-order valence-electron chi connectivity index (χ1n) is 8.18. The average Bonchev–Trinajstić information content (AvgIpc) is 3.19. The number of carbonyl (C=O) groups excluding carboxylic acids is 2. The van der Waals surface area contributed by atoms with E-state index in [1.807, 2.05) is 0 Å². The number of aromatic amines is 1. The Morgan fingerprint density at radius 2 is 1.79 bits per heavy atom. The van der Waals surface area contributed by atoms with Crippen LogP contribution in [0, 0.1) is 0 Å². The fourth-order valence-electron chi connectivity index (χ4n) is 2.48. The molecule has 0 radical (unpaired) electrons. The SMILES string of the molecule is Cl.O=C(Nc1ccccc1C(=O)NCc1ncc[nH]1)c1cccc(C(F)(F)F)c1. The van der Waals surface area contributed by atoms with Crippen LogP contribution in [-0.2, 0) is 12.7 Å². The molecular formula is C19H16ClF3N4O2. The molecule has 3 rings (SSSR count). The van der Waals surface area contributed by atoms with Crippen LogP contribution in [0.4, 0.5) is 18.9 Å². The smallest absolute Gasteiger partial charge is 0.347 e.